The fraction of sp³-hybridized carbons (Fsp3) is 0.650. The number of ether oxygens (including phenoxy) is 1. The normalized spacial score (nSPS) is 25.0. The molecule has 5 heteroatoms. The highest BCUT2D eigenvalue weighted by Crippen LogP contribution is 2.44. The second kappa shape index (κ2) is 8.91. The van der Waals surface area contributed by atoms with Crippen LogP contribution in [0.5, 0.6) is 5.75 Å². The Hall–Kier alpha value is -1.26. The first-order chi connectivity index (χ1) is 11.6. The lowest BCUT2D eigenvalue weighted by Gasteiger charge is -2.33. The van der Waals surface area contributed by atoms with E-state index in [-0.39, 0.29) is 29.6 Å². The van der Waals surface area contributed by atoms with Gasteiger partial charge in [0.25, 0.3) is 0 Å². The van der Waals surface area contributed by atoms with E-state index in [1.807, 2.05) is 12.1 Å². The van der Waals surface area contributed by atoms with Crippen LogP contribution in [0.3, 0.4) is 0 Å². The largest absolute Gasteiger partial charge is 0.496 e. The Morgan fingerprint density at radius 1 is 1.32 bits per heavy atom. The molecule has 2 atom stereocenters. The van der Waals surface area contributed by atoms with E-state index in [1.165, 1.54) is 18.4 Å². The second-order valence-corrected chi connectivity index (χ2v) is 7.48. The molecular weight excluding hydrogens is 336 g/mol. The van der Waals surface area contributed by atoms with Gasteiger partial charge in [-0.05, 0) is 45.2 Å². The van der Waals surface area contributed by atoms with Crippen molar-refractivity contribution in [2.45, 2.75) is 56.9 Å². The Morgan fingerprint density at radius 2 is 2.04 bits per heavy atom. The summed E-state index contributed by atoms with van der Waals surface area (Å²) in [5.41, 5.74) is 1.28. The van der Waals surface area contributed by atoms with E-state index < -0.39 is 0 Å². The number of rotatable bonds is 5. The lowest BCUT2D eigenvalue weighted by atomic mass is 9.78. The highest BCUT2D eigenvalue weighted by Gasteiger charge is 2.38. The van der Waals surface area contributed by atoms with Crippen LogP contribution in [-0.4, -0.2) is 32.1 Å². The highest BCUT2D eigenvalue weighted by atomic mass is 35.5. The van der Waals surface area contributed by atoms with Gasteiger partial charge in [0, 0.05) is 29.5 Å². The first-order valence-electron chi connectivity index (χ1n) is 9.29. The Morgan fingerprint density at radius 3 is 2.72 bits per heavy atom. The molecule has 0 radical (unpaired) electrons. The molecule has 0 spiro atoms. The number of carbonyl (C=O) groups is 1. The van der Waals surface area contributed by atoms with E-state index in [0.717, 1.165) is 44.5 Å². The SMILES string of the molecule is COc1ccccc1C1(CNC(=O)[C@H]2CCN[C@@H](C)C2)CCCC1.Cl. The van der Waals surface area contributed by atoms with E-state index in [1.54, 1.807) is 7.11 Å². The van der Waals surface area contributed by atoms with Gasteiger partial charge < -0.3 is 15.4 Å². The first kappa shape index (κ1) is 20.1. The number of piperidine rings is 1. The van der Waals surface area contributed by atoms with Crippen LogP contribution in [0.25, 0.3) is 0 Å². The molecular formula is C20H31ClN2O2. The number of halogens is 1. The molecule has 1 aliphatic heterocycles. The van der Waals surface area contributed by atoms with Crippen molar-refractivity contribution in [1.82, 2.24) is 10.6 Å². The van der Waals surface area contributed by atoms with Gasteiger partial charge in [0.15, 0.2) is 0 Å². The molecule has 2 aliphatic rings. The summed E-state index contributed by atoms with van der Waals surface area (Å²) in [4.78, 5) is 12.7. The number of hydrogen-bond donors (Lipinski definition) is 2. The van der Waals surface area contributed by atoms with Crippen LogP contribution in [0.1, 0.15) is 51.0 Å². The molecule has 25 heavy (non-hydrogen) atoms. The minimum Gasteiger partial charge on any atom is -0.496 e. The number of nitrogens with one attached hydrogen (secondary N) is 2. The maximum absolute atomic E-state index is 12.7. The predicted octanol–water partition coefficient (Wildman–Crippen LogP) is 3.43. The van der Waals surface area contributed by atoms with Crippen LogP contribution < -0.4 is 15.4 Å². The van der Waals surface area contributed by atoms with Crippen LogP contribution in [0.4, 0.5) is 0 Å². The van der Waals surface area contributed by atoms with Gasteiger partial charge in [0.05, 0.1) is 7.11 Å². The van der Waals surface area contributed by atoms with Crippen LogP contribution in [0.2, 0.25) is 0 Å². The lowest BCUT2D eigenvalue weighted by molar-refractivity contribution is -0.126. The van der Waals surface area contributed by atoms with Gasteiger partial charge >= 0.3 is 0 Å². The zero-order chi connectivity index (χ0) is 17.0. The zero-order valence-electron chi connectivity index (χ0n) is 15.3. The molecule has 1 saturated heterocycles. The van der Waals surface area contributed by atoms with Crippen molar-refractivity contribution in [2.24, 2.45) is 5.92 Å². The van der Waals surface area contributed by atoms with Gasteiger partial charge in [-0.15, -0.1) is 12.4 Å². The van der Waals surface area contributed by atoms with E-state index in [0.29, 0.717) is 6.04 Å². The molecule has 0 aromatic heterocycles. The Balaban J connectivity index is 0.00000225. The van der Waals surface area contributed by atoms with Crippen molar-refractivity contribution in [3.8, 4) is 5.75 Å². The van der Waals surface area contributed by atoms with Crippen LogP contribution in [-0.2, 0) is 10.2 Å². The Labute approximate surface area is 157 Å². The summed E-state index contributed by atoms with van der Waals surface area (Å²) < 4.78 is 5.60. The van der Waals surface area contributed by atoms with E-state index in [4.69, 9.17) is 4.74 Å². The van der Waals surface area contributed by atoms with E-state index >= 15 is 0 Å². The predicted molar refractivity (Wildman–Crippen MR) is 104 cm³/mol. The van der Waals surface area contributed by atoms with E-state index in [2.05, 4.69) is 29.7 Å². The third-order valence-corrected chi connectivity index (χ3v) is 5.83. The smallest absolute Gasteiger partial charge is 0.223 e. The van der Waals surface area contributed by atoms with Crippen molar-refractivity contribution in [2.75, 3.05) is 20.2 Å². The van der Waals surface area contributed by atoms with Crippen molar-refractivity contribution in [1.29, 1.82) is 0 Å². The molecule has 3 rings (SSSR count). The van der Waals surface area contributed by atoms with Gasteiger partial charge in [-0.2, -0.15) is 0 Å². The van der Waals surface area contributed by atoms with Crippen LogP contribution >= 0.6 is 12.4 Å². The summed E-state index contributed by atoms with van der Waals surface area (Å²) >= 11 is 0. The van der Waals surface area contributed by atoms with Crippen LogP contribution in [0.15, 0.2) is 24.3 Å². The molecule has 0 bridgehead atoms. The van der Waals surface area contributed by atoms with E-state index in [9.17, 15) is 4.79 Å². The summed E-state index contributed by atoms with van der Waals surface area (Å²) in [6.45, 7) is 3.83. The van der Waals surface area contributed by atoms with Crippen molar-refractivity contribution in [3.05, 3.63) is 29.8 Å². The number of methoxy groups -OCH3 is 1. The molecule has 2 N–H and O–H groups in total. The fourth-order valence-corrected chi connectivity index (χ4v) is 4.45. The average Bonchev–Trinajstić information content (AvgIpc) is 3.09. The molecule has 0 unspecified atom stereocenters. The van der Waals surface area contributed by atoms with Crippen molar-refractivity contribution < 1.29 is 9.53 Å². The summed E-state index contributed by atoms with van der Waals surface area (Å²) in [6, 6.07) is 8.73. The molecule has 1 aliphatic carbocycles. The first-order valence-corrected chi connectivity index (χ1v) is 9.29. The number of benzene rings is 1. The van der Waals surface area contributed by atoms with Gasteiger partial charge in [0.2, 0.25) is 5.91 Å². The quantitative estimate of drug-likeness (QED) is 0.839. The monoisotopic (exact) mass is 366 g/mol. The maximum Gasteiger partial charge on any atom is 0.223 e. The molecule has 1 aromatic carbocycles. The molecule has 1 aromatic rings. The summed E-state index contributed by atoms with van der Waals surface area (Å²) in [5, 5.41) is 6.70. The molecule has 140 valence electrons. The number of amides is 1. The molecule has 1 heterocycles. The Kier molecular flexibility index (Phi) is 7.14. The minimum atomic E-state index is 0. The van der Waals surface area contributed by atoms with Gasteiger partial charge in [-0.1, -0.05) is 31.0 Å². The Bertz CT molecular complexity index is 573. The average molecular weight is 367 g/mol. The topological polar surface area (TPSA) is 50.4 Å². The lowest BCUT2D eigenvalue weighted by Crippen LogP contribution is -2.46. The summed E-state index contributed by atoms with van der Waals surface area (Å²) in [5.74, 6) is 1.33. The fourth-order valence-electron chi connectivity index (χ4n) is 4.45. The zero-order valence-corrected chi connectivity index (χ0v) is 16.2. The second-order valence-electron chi connectivity index (χ2n) is 7.48. The summed E-state index contributed by atoms with van der Waals surface area (Å²) in [7, 11) is 1.73. The number of carbonyl (C=O) groups excluding carboxylic acids is 1. The third-order valence-electron chi connectivity index (χ3n) is 5.83. The summed E-state index contributed by atoms with van der Waals surface area (Å²) in [6.07, 6.45) is 6.56. The molecule has 1 amide bonds. The maximum atomic E-state index is 12.7. The van der Waals surface area contributed by atoms with Crippen molar-refractivity contribution in [3.63, 3.8) is 0 Å². The number of hydrogen-bond acceptors (Lipinski definition) is 3. The molecule has 1 saturated carbocycles. The highest BCUT2D eigenvalue weighted by molar-refractivity contribution is 5.85. The van der Waals surface area contributed by atoms with Gasteiger partial charge in [-0.25, -0.2) is 0 Å². The number of para-hydroxylation sites is 1. The standard InChI is InChI=1S/C20H30N2O2.ClH/c1-15-13-16(9-12-21-15)19(23)22-14-20(10-5-6-11-20)17-7-3-4-8-18(17)24-2;/h3-4,7-8,15-16,21H,5-6,9-14H2,1-2H3,(H,22,23);1H/t15-,16-;/m0./s1. The minimum absolute atomic E-state index is 0. The molecule has 2 fully saturated rings. The van der Waals surface area contributed by atoms with Crippen LogP contribution in [0, 0.1) is 5.92 Å². The third kappa shape index (κ3) is 4.48. The van der Waals surface area contributed by atoms with Gasteiger partial charge in [0.1, 0.15) is 5.75 Å². The van der Waals surface area contributed by atoms with Crippen molar-refractivity contribution >= 4 is 18.3 Å². The molecule has 4 nitrogen and oxygen atoms in total. The van der Waals surface area contributed by atoms with Gasteiger partial charge in [-0.3, -0.25) is 4.79 Å².